The zero-order valence-electron chi connectivity index (χ0n) is 16.3. The van der Waals surface area contributed by atoms with Gasteiger partial charge in [0.25, 0.3) is 0 Å². The summed E-state index contributed by atoms with van der Waals surface area (Å²) in [4.78, 5) is 6.71. The molecule has 0 atom stereocenters. The van der Waals surface area contributed by atoms with Gasteiger partial charge >= 0.3 is 0 Å². The number of nitriles is 1. The third-order valence-electron chi connectivity index (χ3n) is 5.04. The molecule has 0 spiro atoms. The average Bonchev–Trinajstić information content (AvgIpc) is 3.25. The van der Waals surface area contributed by atoms with Crippen molar-refractivity contribution in [1.29, 1.82) is 5.26 Å². The van der Waals surface area contributed by atoms with Crippen molar-refractivity contribution < 1.29 is 12.8 Å². The molecule has 0 radical (unpaired) electrons. The van der Waals surface area contributed by atoms with Gasteiger partial charge in [0.05, 0.1) is 21.2 Å². The van der Waals surface area contributed by atoms with Crippen LogP contribution >= 0.6 is 22.9 Å². The van der Waals surface area contributed by atoms with Gasteiger partial charge in [0.15, 0.2) is 5.13 Å². The molecule has 1 fully saturated rings. The van der Waals surface area contributed by atoms with Crippen molar-refractivity contribution in [1.82, 2.24) is 9.29 Å². The highest BCUT2D eigenvalue weighted by Crippen LogP contribution is 2.26. The Balaban J connectivity index is 1.42. The molecule has 3 aromatic rings. The topological polar surface area (TPSA) is 77.3 Å². The molecule has 0 saturated carbocycles. The van der Waals surface area contributed by atoms with Crippen molar-refractivity contribution in [3.8, 4) is 6.07 Å². The Morgan fingerprint density at radius 1 is 1.16 bits per heavy atom. The first kappa shape index (κ1) is 21.7. The number of aromatic nitrogens is 1. The summed E-state index contributed by atoms with van der Waals surface area (Å²) in [6, 6.07) is 12.9. The van der Waals surface area contributed by atoms with E-state index >= 15 is 0 Å². The number of sulfonamides is 1. The monoisotopic (exact) mass is 476 g/mol. The molecule has 2 aromatic carbocycles. The van der Waals surface area contributed by atoms with Crippen molar-refractivity contribution in [2.24, 2.45) is 0 Å². The van der Waals surface area contributed by atoms with Crippen molar-refractivity contribution in [3.05, 3.63) is 75.5 Å². The molecular weight excluding hydrogens is 459 g/mol. The van der Waals surface area contributed by atoms with Crippen molar-refractivity contribution >= 4 is 38.1 Å². The standard InChI is InChI=1S/C21H18ClFN4O2S2/c22-18-6-5-15(12-19(18)23)11-17-14-30-21(25-17)26-7-9-27(10-8-26)31(28,29)20-4-2-1-3-16(20)13-24/h1-6,12,14H,7-11H2. The van der Waals surface area contributed by atoms with Crippen LogP contribution in [0, 0.1) is 17.1 Å². The highest BCUT2D eigenvalue weighted by molar-refractivity contribution is 7.89. The first-order valence-corrected chi connectivity index (χ1v) is 12.2. The van der Waals surface area contributed by atoms with Gasteiger partial charge in [0, 0.05) is 38.0 Å². The molecule has 31 heavy (non-hydrogen) atoms. The molecule has 0 N–H and O–H groups in total. The van der Waals surface area contributed by atoms with Gasteiger partial charge in [-0.25, -0.2) is 17.8 Å². The maximum atomic E-state index is 13.7. The molecule has 1 aliphatic rings. The number of piperazine rings is 1. The van der Waals surface area contributed by atoms with Crippen LogP contribution in [0.1, 0.15) is 16.8 Å². The summed E-state index contributed by atoms with van der Waals surface area (Å²) in [5, 5.41) is 12.1. The molecule has 4 rings (SSSR count). The highest BCUT2D eigenvalue weighted by Gasteiger charge is 2.31. The Labute approximate surface area is 189 Å². The van der Waals surface area contributed by atoms with E-state index in [1.54, 1.807) is 18.2 Å². The number of benzene rings is 2. The Morgan fingerprint density at radius 3 is 2.61 bits per heavy atom. The van der Waals surface area contributed by atoms with Crippen LogP contribution in [0.3, 0.4) is 0 Å². The van der Waals surface area contributed by atoms with Crippen molar-refractivity contribution in [2.45, 2.75) is 11.3 Å². The number of hydrogen-bond donors (Lipinski definition) is 0. The quantitative estimate of drug-likeness (QED) is 0.558. The summed E-state index contributed by atoms with van der Waals surface area (Å²) in [6.07, 6.45) is 0.490. The van der Waals surface area contributed by atoms with E-state index in [2.05, 4.69) is 4.98 Å². The lowest BCUT2D eigenvalue weighted by atomic mass is 10.1. The predicted octanol–water partition coefficient (Wildman–Crippen LogP) is 3.91. The molecule has 160 valence electrons. The maximum absolute atomic E-state index is 13.7. The molecular formula is C21H18ClFN4O2S2. The maximum Gasteiger partial charge on any atom is 0.244 e. The van der Waals surface area contributed by atoms with Crippen LogP contribution in [0.2, 0.25) is 5.02 Å². The van der Waals surface area contributed by atoms with Gasteiger partial charge < -0.3 is 4.90 Å². The van der Waals surface area contributed by atoms with E-state index in [-0.39, 0.29) is 15.5 Å². The number of thiazole rings is 1. The number of rotatable bonds is 5. The third-order valence-corrected chi connectivity index (χ3v) is 8.26. The Hall–Kier alpha value is -2.51. The number of halogens is 2. The van der Waals surface area contributed by atoms with E-state index in [0.29, 0.717) is 32.6 Å². The second-order valence-corrected chi connectivity index (χ2v) is 10.2. The van der Waals surface area contributed by atoms with Crippen LogP contribution < -0.4 is 4.90 Å². The highest BCUT2D eigenvalue weighted by atomic mass is 35.5. The smallest absolute Gasteiger partial charge is 0.244 e. The predicted molar refractivity (Wildman–Crippen MR) is 118 cm³/mol. The summed E-state index contributed by atoms with van der Waals surface area (Å²) in [5.41, 5.74) is 1.75. The minimum absolute atomic E-state index is 0.0395. The van der Waals surface area contributed by atoms with E-state index < -0.39 is 15.8 Å². The minimum atomic E-state index is -3.73. The molecule has 2 heterocycles. The van der Waals surface area contributed by atoms with E-state index in [0.717, 1.165) is 16.4 Å². The fourth-order valence-corrected chi connectivity index (χ4v) is 5.99. The van der Waals surface area contributed by atoms with E-state index in [1.807, 2.05) is 16.3 Å². The molecule has 10 heteroatoms. The van der Waals surface area contributed by atoms with Crippen LogP contribution in [0.15, 0.2) is 52.7 Å². The third kappa shape index (κ3) is 4.57. The van der Waals surface area contributed by atoms with E-state index in [1.165, 1.54) is 39.9 Å². The Bertz CT molecular complexity index is 1250. The summed E-state index contributed by atoms with van der Waals surface area (Å²) in [7, 11) is -3.73. The molecule has 1 aromatic heterocycles. The van der Waals surface area contributed by atoms with Crippen molar-refractivity contribution in [3.63, 3.8) is 0 Å². The van der Waals surface area contributed by atoms with Crippen LogP contribution in [0.4, 0.5) is 9.52 Å². The van der Waals surface area contributed by atoms with E-state index in [4.69, 9.17) is 11.6 Å². The first-order valence-electron chi connectivity index (χ1n) is 9.51. The Kier molecular flexibility index (Phi) is 6.25. The summed E-state index contributed by atoms with van der Waals surface area (Å²) in [5.74, 6) is -0.454. The van der Waals surface area contributed by atoms with Gasteiger partial charge in [-0.15, -0.1) is 11.3 Å². The fourth-order valence-electron chi connectivity index (χ4n) is 3.42. The molecule has 1 aliphatic heterocycles. The molecule has 0 bridgehead atoms. The molecule has 0 aliphatic carbocycles. The number of hydrogen-bond acceptors (Lipinski definition) is 6. The Morgan fingerprint density at radius 2 is 1.90 bits per heavy atom. The molecule has 0 unspecified atom stereocenters. The van der Waals surface area contributed by atoms with Crippen LogP contribution in [0.5, 0.6) is 0 Å². The molecule has 6 nitrogen and oxygen atoms in total. The van der Waals surface area contributed by atoms with Gasteiger partial charge in [-0.2, -0.15) is 9.57 Å². The zero-order valence-corrected chi connectivity index (χ0v) is 18.7. The van der Waals surface area contributed by atoms with Crippen LogP contribution in [0.25, 0.3) is 0 Å². The SMILES string of the molecule is N#Cc1ccccc1S(=O)(=O)N1CCN(c2nc(Cc3ccc(Cl)c(F)c3)cs2)CC1. The lowest BCUT2D eigenvalue weighted by molar-refractivity contribution is 0.384. The van der Waals surface area contributed by atoms with Gasteiger partial charge in [-0.3, -0.25) is 0 Å². The summed E-state index contributed by atoms with van der Waals surface area (Å²) < 4.78 is 41.0. The average molecular weight is 477 g/mol. The van der Waals surface area contributed by atoms with Gasteiger partial charge in [-0.1, -0.05) is 29.8 Å². The lowest BCUT2D eigenvalue weighted by Crippen LogP contribution is -2.48. The molecule has 0 amide bonds. The number of anilines is 1. The van der Waals surface area contributed by atoms with Crippen LogP contribution in [-0.4, -0.2) is 43.9 Å². The largest absolute Gasteiger partial charge is 0.345 e. The number of nitrogens with zero attached hydrogens (tertiary/aromatic N) is 4. The van der Waals surface area contributed by atoms with Gasteiger partial charge in [-0.05, 0) is 29.8 Å². The summed E-state index contributed by atoms with van der Waals surface area (Å²) >= 11 is 7.21. The second-order valence-electron chi connectivity index (χ2n) is 7.05. The van der Waals surface area contributed by atoms with Crippen LogP contribution in [-0.2, 0) is 16.4 Å². The fraction of sp³-hybridized carbons (Fsp3) is 0.238. The summed E-state index contributed by atoms with van der Waals surface area (Å²) in [6.45, 7) is 1.60. The van der Waals surface area contributed by atoms with Gasteiger partial charge in [0.1, 0.15) is 11.9 Å². The van der Waals surface area contributed by atoms with E-state index in [9.17, 15) is 18.1 Å². The second kappa shape index (κ2) is 8.93. The minimum Gasteiger partial charge on any atom is -0.345 e. The lowest BCUT2D eigenvalue weighted by Gasteiger charge is -2.33. The molecule has 1 saturated heterocycles. The normalized spacial score (nSPS) is 15.1. The van der Waals surface area contributed by atoms with Gasteiger partial charge in [0.2, 0.25) is 10.0 Å². The van der Waals surface area contributed by atoms with Crippen molar-refractivity contribution in [2.75, 3.05) is 31.1 Å². The first-order chi connectivity index (χ1) is 14.9. The zero-order chi connectivity index (χ0) is 22.0.